The van der Waals surface area contributed by atoms with E-state index in [0.29, 0.717) is 16.9 Å². The smallest absolute Gasteiger partial charge is 0.402 e. The highest BCUT2D eigenvalue weighted by Crippen LogP contribution is 2.67. The van der Waals surface area contributed by atoms with Crippen LogP contribution < -0.4 is 27.4 Å². The molecule has 3 saturated carbocycles. The fourth-order valence-corrected chi connectivity index (χ4v) is 10.4. The van der Waals surface area contributed by atoms with Gasteiger partial charge >= 0.3 is 6.09 Å². The number of nitrogens with one attached hydrogen (secondary N) is 3. The van der Waals surface area contributed by atoms with Crippen LogP contribution in [0.2, 0.25) is 0 Å². The molecule has 0 heterocycles. The van der Waals surface area contributed by atoms with E-state index in [4.69, 9.17) is 15.6 Å². The third kappa shape index (κ3) is 10.9. The number of amides is 1. The maximum absolute atomic E-state index is 8.78. The molecule has 8 N–H and O–H groups in total. The number of carboxylic acid groups (broad SMARTS) is 1. The van der Waals surface area contributed by atoms with E-state index >= 15 is 0 Å². The van der Waals surface area contributed by atoms with Crippen molar-refractivity contribution in [2.24, 2.45) is 57.8 Å². The maximum Gasteiger partial charge on any atom is 0.402 e. The Morgan fingerprint density at radius 3 is 2.22 bits per heavy atom. The topological polar surface area (TPSA) is 125 Å². The summed E-state index contributed by atoms with van der Waals surface area (Å²) in [6.45, 7) is 19.2. The number of hydrogen-bond donors (Lipinski definition) is 6. The van der Waals surface area contributed by atoms with Crippen LogP contribution in [0.25, 0.3) is 0 Å². The Kier molecular flexibility index (Phi) is 16.2. The summed E-state index contributed by atoms with van der Waals surface area (Å²) < 4.78 is 0. The predicted octanol–water partition coefficient (Wildman–Crippen LogP) is 7.31. The van der Waals surface area contributed by atoms with Gasteiger partial charge < -0.3 is 32.5 Å². The summed E-state index contributed by atoms with van der Waals surface area (Å²) in [5, 5.41) is 18.3. The quantitative estimate of drug-likeness (QED) is 0.0696. The van der Waals surface area contributed by atoms with Gasteiger partial charge in [0.1, 0.15) is 0 Å². The second kappa shape index (κ2) is 19.0. The zero-order valence-electron chi connectivity index (χ0n) is 30.0. The molecular formula is C38H73N5O2. The zero-order valence-corrected chi connectivity index (χ0v) is 30.0. The van der Waals surface area contributed by atoms with E-state index in [2.05, 4.69) is 62.4 Å². The van der Waals surface area contributed by atoms with Crippen LogP contribution in [0.3, 0.4) is 0 Å². The van der Waals surface area contributed by atoms with Crippen molar-refractivity contribution in [3.05, 3.63) is 11.6 Å². The van der Waals surface area contributed by atoms with E-state index in [9.17, 15) is 0 Å². The van der Waals surface area contributed by atoms with E-state index < -0.39 is 6.09 Å². The summed E-state index contributed by atoms with van der Waals surface area (Å²) in [7, 11) is 0. The van der Waals surface area contributed by atoms with E-state index in [1.807, 2.05) is 5.57 Å². The number of unbranched alkanes of at least 4 members (excludes halogenated alkanes) is 1. The minimum absolute atomic E-state index is 0.476. The maximum atomic E-state index is 8.78. The third-order valence-electron chi connectivity index (χ3n) is 12.8. The van der Waals surface area contributed by atoms with Crippen molar-refractivity contribution in [1.82, 2.24) is 16.0 Å². The lowest BCUT2D eigenvalue weighted by Crippen LogP contribution is -2.51. The second-order valence-electron chi connectivity index (χ2n) is 16.2. The molecule has 0 bridgehead atoms. The molecule has 3 fully saturated rings. The first-order valence-electron chi connectivity index (χ1n) is 19.1. The number of nitrogens with two attached hydrogens (primary N) is 2. The van der Waals surface area contributed by atoms with Gasteiger partial charge in [0.05, 0.1) is 0 Å². The lowest BCUT2D eigenvalue weighted by Gasteiger charge is -2.58. The minimum Gasteiger partial charge on any atom is -0.465 e. The summed E-state index contributed by atoms with van der Waals surface area (Å²) in [5.41, 5.74) is 12.5. The summed E-state index contributed by atoms with van der Waals surface area (Å²) in [6, 6.07) is 0.696. The molecule has 7 heteroatoms. The molecule has 0 spiro atoms. The standard InChI is InChI=1S/C37H70N4.CH3NO2/c1-28(2)11-8-12-29(3)33-15-16-34-32-14-13-30-27-31(17-19-36(30,4)35(32)18-20-37(33,34)5)41-26-10-25-40-23-7-6-22-39-24-9-21-38;2-1(3)4/h13,28-29,31-35,39-41H,6-12,14-27,38H2,1-5H3;2H2,(H,3,4)/t29-,31?,32?,33-,34?,35?,36+,37-;/m1./s1. The third-order valence-corrected chi connectivity index (χ3v) is 12.8. The number of rotatable bonds is 18. The Morgan fingerprint density at radius 2 is 1.56 bits per heavy atom. The highest BCUT2D eigenvalue weighted by Gasteiger charge is 2.59. The monoisotopic (exact) mass is 632 g/mol. The lowest BCUT2D eigenvalue weighted by molar-refractivity contribution is -0.0514. The van der Waals surface area contributed by atoms with Crippen molar-refractivity contribution >= 4 is 6.09 Å². The molecule has 0 aliphatic heterocycles. The largest absolute Gasteiger partial charge is 0.465 e. The van der Waals surface area contributed by atoms with Crippen LogP contribution in [0.4, 0.5) is 4.79 Å². The molecule has 0 aromatic rings. The number of hydrogen-bond acceptors (Lipinski definition) is 5. The lowest BCUT2D eigenvalue weighted by atomic mass is 9.47. The van der Waals surface area contributed by atoms with Gasteiger partial charge in [-0.2, -0.15) is 0 Å². The van der Waals surface area contributed by atoms with Crippen LogP contribution in [0.1, 0.15) is 131 Å². The average molecular weight is 632 g/mol. The molecule has 7 nitrogen and oxygen atoms in total. The SMILES string of the molecule is CC(C)CCC[C@@H](C)[C@H]1CCC2C3CC=C4CC(NCCCNCCCCNCCCN)CC[C@]4(C)C3CC[C@@]21C.NC(=O)O. The summed E-state index contributed by atoms with van der Waals surface area (Å²) in [4.78, 5) is 8.78. The summed E-state index contributed by atoms with van der Waals surface area (Å²) in [5.74, 6) is 5.61. The second-order valence-corrected chi connectivity index (χ2v) is 16.2. The number of primary amides is 1. The van der Waals surface area contributed by atoms with Crippen molar-refractivity contribution < 1.29 is 9.90 Å². The molecule has 0 radical (unpaired) electrons. The molecule has 262 valence electrons. The van der Waals surface area contributed by atoms with Crippen LogP contribution in [0.15, 0.2) is 11.6 Å². The minimum atomic E-state index is -1.33. The number of allylic oxidation sites excluding steroid dienone is 1. The Labute approximate surface area is 277 Å². The van der Waals surface area contributed by atoms with E-state index in [1.165, 1.54) is 89.9 Å². The molecule has 0 saturated heterocycles. The Hall–Kier alpha value is -1.15. The normalized spacial score (nSPS) is 33.0. The van der Waals surface area contributed by atoms with Crippen molar-refractivity contribution in [2.75, 3.05) is 39.3 Å². The summed E-state index contributed by atoms with van der Waals surface area (Å²) in [6.07, 6.45) is 22.1. The molecular weight excluding hydrogens is 558 g/mol. The Bertz CT molecular complexity index is 891. The number of carbonyl (C=O) groups is 1. The van der Waals surface area contributed by atoms with Crippen molar-refractivity contribution in [3.8, 4) is 0 Å². The van der Waals surface area contributed by atoms with Gasteiger partial charge in [-0.1, -0.05) is 65.5 Å². The molecule has 8 atom stereocenters. The molecule has 45 heavy (non-hydrogen) atoms. The van der Waals surface area contributed by atoms with Crippen molar-refractivity contribution in [3.63, 3.8) is 0 Å². The Balaban J connectivity index is 0.00000130. The fraction of sp³-hybridized carbons (Fsp3) is 0.921. The van der Waals surface area contributed by atoms with Gasteiger partial charge in [0.25, 0.3) is 0 Å². The van der Waals surface area contributed by atoms with Gasteiger partial charge in [0.15, 0.2) is 0 Å². The summed E-state index contributed by atoms with van der Waals surface area (Å²) >= 11 is 0. The molecule has 1 amide bonds. The molecule has 4 aliphatic rings. The van der Waals surface area contributed by atoms with Gasteiger partial charge in [-0.25, -0.2) is 4.79 Å². The van der Waals surface area contributed by atoms with Crippen molar-refractivity contribution in [2.45, 2.75) is 137 Å². The highest BCUT2D eigenvalue weighted by molar-refractivity contribution is 5.61. The van der Waals surface area contributed by atoms with Gasteiger partial charge in [0, 0.05) is 6.04 Å². The first kappa shape index (κ1) is 38.3. The number of fused-ring (bicyclic) bond motifs is 5. The van der Waals surface area contributed by atoms with Gasteiger partial charge in [-0.05, 0) is 163 Å². The first-order valence-corrected chi connectivity index (χ1v) is 19.1. The van der Waals surface area contributed by atoms with Crippen LogP contribution in [0, 0.1) is 46.3 Å². The fourth-order valence-electron chi connectivity index (χ4n) is 10.4. The zero-order chi connectivity index (χ0) is 32.9. The molecule has 0 aromatic carbocycles. The van der Waals surface area contributed by atoms with Crippen LogP contribution in [-0.4, -0.2) is 56.5 Å². The average Bonchev–Trinajstić information content (AvgIpc) is 3.34. The highest BCUT2D eigenvalue weighted by atomic mass is 16.4. The van der Waals surface area contributed by atoms with Gasteiger partial charge in [-0.3, -0.25) is 0 Å². The van der Waals surface area contributed by atoms with Crippen LogP contribution in [-0.2, 0) is 0 Å². The molecule has 0 aromatic heterocycles. The van der Waals surface area contributed by atoms with Gasteiger partial charge in [0.2, 0.25) is 0 Å². The van der Waals surface area contributed by atoms with E-state index in [-0.39, 0.29) is 0 Å². The van der Waals surface area contributed by atoms with Gasteiger partial charge in [-0.15, -0.1) is 0 Å². The predicted molar refractivity (Wildman–Crippen MR) is 190 cm³/mol. The molecule has 4 unspecified atom stereocenters. The molecule has 4 aliphatic carbocycles. The first-order chi connectivity index (χ1) is 21.5. The molecule has 4 rings (SSSR count). The van der Waals surface area contributed by atoms with Crippen molar-refractivity contribution in [1.29, 1.82) is 0 Å². The van der Waals surface area contributed by atoms with E-state index in [1.54, 1.807) is 0 Å². The van der Waals surface area contributed by atoms with E-state index in [0.717, 1.165) is 81.2 Å². The Morgan fingerprint density at radius 1 is 0.889 bits per heavy atom. The van der Waals surface area contributed by atoms with Crippen LogP contribution in [0.5, 0.6) is 0 Å². The van der Waals surface area contributed by atoms with Crippen LogP contribution >= 0.6 is 0 Å².